The van der Waals surface area contributed by atoms with Crippen LogP contribution in [-0.4, -0.2) is 38.4 Å². The summed E-state index contributed by atoms with van der Waals surface area (Å²) in [5.74, 6) is 0.221. The van der Waals surface area contributed by atoms with Crippen LogP contribution in [0.2, 0.25) is 0 Å². The van der Waals surface area contributed by atoms with Crippen LogP contribution >= 0.6 is 0 Å². The van der Waals surface area contributed by atoms with Crippen molar-refractivity contribution in [2.45, 2.75) is 84.0 Å². The number of ether oxygens (including phenoxy) is 2. The highest BCUT2D eigenvalue weighted by molar-refractivity contribution is 5.69. The first-order valence-corrected chi connectivity index (χ1v) is 12.8. The molecule has 3 aromatic rings. The number of benzene rings is 1. The van der Waals surface area contributed by atoms with E-state index in [2.05, 4.69) is 15.4 Å². The van der Waals surface area contributed by atoms with Gasteiger partial charge < -0.3 is 14.8 Å². The van der Waals surface area contributed by atoms with Crippen LogP contribution in [0, 0.1) is 5.92 Å². The number of carbonyl (C=O) groups is 1. The number of hydrogen-bond acceptors (Lipinski definition) is 5. The molecule has 10 heteroatoms. The quantitative estimate of drug-likeness (QED) is 0.338. The van der Waals surface area contributed by atoms with Gasteiger partial charge in [-0.25, -0.2) is 14.3 Å². The van der Waals surface area contributed by atoms with Crippen molar-refractivity contribution in [2.24, 2.45) is 5.92 Å². The number of aromatic nitrogens is 3. The first-order valence-electron chi connectivity index (χ1n) is 12.8. The number of rotatable bonds is 8. The molecule has 1 atom stereocenters. The number of fused-ring (bicyclic) bond motifs is 1. The van der Waals surface area contributed by atoms with E-state index in [1.165, 1.54) is 6.07 Å². The number of alkyl halides is 3. The number of halogens is 3. The van der Waals surface area contributed by atoms with E-state index < -0.39 is 29.0 Å². The summed E-state index contributed by atoms with van der Waals surface area (Å²) in [7, 11) is 0. The summed E-state index contributed by atoms with van der Waals surface area (Å²) < 4.78 is 55.3. The summed E-state index contributed by atoms with van der Waals surface area (Å²) in [6.45, 7) is 10.7. The van der Waals surface area contributed by atoms with E-state index in [1.807, 2.05) is 19.9 Å². The Kier molecular flexibility index (Phi) is 7.38. The second kappa shape index (κ2) is 10.1. The Labute approximate surface area is 220 Å². The number of nitrogens with one attached hydrogen (secondary N) is 1. The van der Waals surface area contributed by atoms with Crippen LogP contribution < -0.4 is 10.1 Å². The minimum atomic E-state index is -4.66. The third kappa shape index (κ3) is 6.76. The smallest absolute Gasteiger partial charge is 0.419 e. The summed E-state index contributed by atoms with van der Waals surface area (Å²) in [6.07, 6.45) is -1.15. The largest absolute Gasteiger partial charge is 0.491 e. The van der Waals surface area contributed by atoms with Crippen molar-refractivity contribution in [3.63, 3.8) is 0 Å². The third-order valence-electron chi connectivity index (χ3n) is 6.16. The van der Waals surface area contributed by atoms with E-state index in [4.69, 9.17) is 9.47 Å². The average Bonchev–Trinajstić information content (AvgIpc) is 3.53. The van der Waals surface area contributed by atoms with Crippen molar-refractivity contribution in [3.8, 4) is 17.0 Å². The Morgan fingerprint density at radius 3 is 2.45 bits per heavy atom. The summed E-state index contributed by atoms with van der Waals surface area (Å²) in [5.41, 5.74) is -0.217. The Morgan fingerprint density at radius 2 is 1.84 bits per heavy atom. The number of nitrogens with zero attached hydrogens (tertiary/aromatic N) is 3. The van der Waals surface area contributed by atoms with Gasteiger partial charge in [0, 0.05) is 23.7 Å². The molecule has 38 heavy (non-hydrogen) atoms. The lowest BCUT2D eigenvalue weighted by molar-refractivity contribution is -0.139. The molecule has 1 aromatic carbocycles. The predicted octanol–water partition coefficient (Wildman–Crippen LogP) is 7.00. The molecule has 1 aliphatic carbocycles. The van der Waals surface area contributed by atoms with E-state index in [1.54, 1.807) is 50.5 Å². The van der Waals surface area contributed by atoms with E-state index in [0.717, 1.165) is 24.6 Å². The maximum atomic E-state index is 14.2. The van der Waals surface area contributed by atoms with E-state index in [0.29, 0.717) is 29.2 Å². The summed E-state index contributed by atoms with van der Waals surface area (Å²) >= 11 is 0. The van der Waals surface area contributed by atoms with Gasteiger partial charge >= 0.3 is 12.3 Å². The fraction of sp³-hybridized carbons (Fsp3) is 0.536. The van der Waals surface area contributed by atoms with Crippen molar-refractivity contribution in [1.82, 2.24) is 19.9 Å². The van der Waals surface area contributed by atoms with Crippen molar-refractivity contribution in [2.75, 3.05) is 6.61 Å². The van der Waals surface area contributed by atoms with Crippen LogP contribution in [0.3, 0.4) is 0 Å². The molecule has 1 fully saturated rings. The van der Waals surface area contributed by atoms with Crippen LogP contribution in [0.1, 0.15) is 78.0 Å². The number of alkyl carbamates (subject to hydrolysis) is 1. The van der Waals surface area contributed by atoms with Crippen molar-refractivity contribution >= 4 is 11.7 Å². The summed E-state index contributed by atoms with van der Waals surface area (Å²) in [6, 6.07) is 7.51. The van der Waals surface area contributed by atoms with E-state index in [-0.39, 0.29) is 18.3 Å². The second-order valence-electron chi connectivity index (χ2n) is 11.7. The Morgan fingerprint density at radius 1 is 1.13 bits per heavy atom. The zero-order valence-corrected chi connectivity index (χ0v) is 22.6. The van der Waals surface area contributed by atoms with Crippen molar-refractivity contribution < 1.29 is 27.4 Å². The van der Waals surface area contributed by atoms with Crippen molar-refractivity contribution in [3.05, 3.63) is 47.8 Å². The highest BCUT2D eigenvalue weighted by Gasteiger charge is 2.37. The number of carbonyl (C=O) groups excluding carboxylic acids is 1. The third-order valence-corrected chi connectivity index (χ3v) is 6.16. The molecular weight excluding hydrogens is 497 g/mol. The standard InChI is InChI=1S/C28H35F3N4O3/c1-17(2)15-27(6,33-25(36)38-26(3,4)5)16-37-23-10-9-19(13-20(23)28(29,30)31)22-11-12-32-24-14-21(18-7-8-18)34-35(22)24/h9-14,17-18H,7-8,15-16H2,1-6H3,(H,33,36)/t27-/m0/s1. The number of hydrogen-bond donors (Lipinski definition) is 1. The van der Waals surface area contributed by atoms with Crippen LogP contribution in [-0.2, 0) is 10.9 Å². The molecule has 2 aromatic heterocycles. The minimum absolute atomic E-state index is 0.145. The second-order valence-corrected chi connectivity index (χ2v) is 11.7. The predicted molar refractivity (Wildman–Crippen MR) is 138 cm³/mol. The van der Waals surface area contributed by atoms with Crippen LogP contribution in [0.15, 0.2) is 36.5 Å². The van der Waals surface area contributed by atoms with Gasteiger partial charge in [-0.3, -0.25) is 0 Å². The lowest BCUT2D eigenvalue weighted by Gasteiger charge is -2.33. The maximum absolute atomic E-state index is 14.2. The highest BCUT2D eigenvalue weighted by Crippen LogP contribution is 2.41. The van der Waals surface area contributed by atoms with Gasteiger partial charge in [0.25, 0.3) is 0 Å². The highest BCUT2D eigenvalue weighted by atomic mass is 19.4. The van der Waals surface area contributed by atoms with Gasteiger partial charge in [-0.15, -0.1) is 0 Å². The first kappa shape index (κ1) is 27.7. The van der Waals surface area contributed by atoms with E-state index in [9.17, 15) is 18.0 Å². The molecule has 0 radical (unpaired) electrons. The summed E-state index contributed by atoms with van der Waals surface area (Å²) in [5, 5.41) is 7.40. The Bertz CT molecular complexity index is 1310. The van der Waals surface area contributed by atoms with E-state index >= 15 is 0 Å². The Hall–Kier alpha value is -3.30. The van der Waals surface area contributed by atoms with Crippen LogP contribution in [0.25, 0.3) is 16.9 Å². The molecule has 0 aliphatic heterocycles. The molecular formula is C28H35F3N4O3. The topological polar surface area (TPSA) is 77.8 Å². The molecule has 0 spiro atoms. The van der Waals surface area contributed by atoms with Crippen molar-refractivity contribution in [1.29, 1.82) is 0 Å². The van der Waals surface area contributed by atoms with Crippen LogP contribution in [0.4, 0.5) is 18.0 Å². The number of amides is 1. The molecule has 206 valence electrons. The zero-order valence-electron chi connectivity index (χ0n) is 22.6. The first-order chi connectivity index (χ1) is 17.6. The molecule has 1 amide bonds. The zero-order chi connectivity index (χ0) is 27.9. The molecule has 0 unspecified atom stereocenters. The average molecular weight is 533 g/mol. The molecule has 7 nitrogen and oxygen atoms in total. The molecule has 0 saturated heterocycles. The maximum Gasteiger partial charge on any atom is 0.419 e. The van der Waals surface area contributed by atoms with Gasteiger partial charge in [0.1, 0.15) is 18.0 Å². The van der Waals surface area contributed by atoms with Gasteiger partial charge in [0.2, 0.25) is 0 Å². The molecule has 1 aliphatic rings. The molecule has 1 N–H and O–H groups in total. The summed E-state index contributed by atoms with van der Waals surface area (Å²) in [4.78, 5) is 16.8. The van der Waals surface area contributed by atoms with Gasteiger partial charge in [0.15, 0.2) is 5.65 Å². The fourth-order valence-electron chi connectivity index (χ4n) is 4.58. The lowest BCUT2D eigenvalue weighted by Crippen LogP contribution is -2.52. The normalized spacial score (nSPS) is 15.9. The molecule has 1 saturated carbocycles. The van der Waals surface area contributed by atoms with Crippen LogP contribution in [0.5, 0.6) is 5.75 Å². The lowest BCUT2D eigenvalue weighted by atomic mass is 9.91. The minimum Gasteiger partial charge on any atom is -0.491 e. The monoisotopic (exact) mass is 532 g/mol. The van der Waals surface area contributed by atoms with Gasteiger partial charge in [0.05, 0.1) is 22.5 Å². The molecule has 4 rings (SSSR count). The molecule has 0 bridgehead atoms. The fourth-order valence-corrected chi connectivity index (χ4v) is 4.58. The Balaban J connectivity index is 1.62. The van der Waals surface area contributed by atoms with Gasteiger partial charge in [-0.1, -0.05) is 13.8 Å². The van der Waals surface area contributed by atoms with Gasteiger partial charge in [-0.05, 0) is 77.1 Å². The SMILES string of the molecule is CC(C)C[C@@](C)(COc1ccc(-c2ccnc3cc(C4CC4)nn23)cc1C(F)(F)F)NC(=O)OC(C)(C)C. The van der Waals surface area contributed by atoms with Gasteiger partial charge in [-0.2, -0.15) is 18.3 Å². The molecule has 2 heterocycles.